The minimum Gasteiger partial charge on any atom is -0.369 e. The summed E-state index contributed by atoms with van der Waals surface area (Å²) in [6, 6.07) is 40.6. The molecule has 8 rings (SSSR count). The molecule has 6 aromatic carbocycles. The predicted octanol–water partition coefficient (Wildman–Crippen LogP) is 8.17. The van der Waals surface area contributed by atoms with Crippen molar-refractivity contribution in [1.29, 1.82) is 0 Å². The maximum absolute atomic E-state index is 14.8. The van der Waals surface area contributed by atoms with Gasteiger partial charge in [0, 0.05) is 137 Å². The number of primary amides is 2. The average molecular weight is 1550 g/mol. The van der Waals surface area contributed by atoms with Crippen molar-refractivity contribution in [2.24, 2.45) is 29.2 Å². The number of hydrogen-bond donors (Lipinski definition) is 10. The molecular formula is C86H116N16O11. The lowest BCUT2D eigenvalue weighted by Crippen LogP contribution is -2.49. The number of carbonyl (C=O) groups excluding carboxylic acids is 11. The van der Waals surface area contributed by atoms with Crippen LogP contribution in [0.1, 0.15) is 166 Å². The van der Waals surface area contributed by atoms with Gasteiger partial charge >= 0.3 is 6.03 Å². The van der Waals surface area contributed by atoms with Crippen molar-refractivity contribution in [2.75, 3.05) is 115 Å². The quantitative estimate of drug-likeness (QED) is 0.0128. The maximum atomic E-state index is 14.8. The van der Waals surface area contributed by atoms with E-state index in [4.69, 9.17) is 11.5 Å². The molecular weight excluding hydrogens is 1430 g/mol. The average Bonchev–Trinajstić information content (AvgIpc) is 0.798. The summed E-state index contributed by atoms with van der Waals surface area (Å²) in [5.74, 6) is -2.64. The van der Waals surface area contributed by atoms with E-state index < -0.39 is 29.7 Å². The number of nitrogens with zero attached hydrogens (tertiary/aromatic N) is 6. The highest BCUT2D eigenvalue weighted by atomic mass is 16.2. The Morgan fingerprint density at radius 3 is 1.42 bits per heavy atom. The topological polar surface area (TPSA) is 355 Å². The fourth-order valence-corrected chi connectivity index (χ4v) is 13.8. The first-order chi connectivity index (χ1) is 54.3. The van der Waals surface area contributed by atoms with Gasteiger partial charge in [0.1, 0.15) is 0 Å². The summed E-state index contributed by atoms with van der Waals surface area (Å²) in [5, 5.41) is 23.0. The molecule has 6 aromatic rings. The summed E-state index contributed by atoms with van der Waals surface area (Å²) >= 11 is 0. The monoisotopic (exact) mass is 1550 g/mol. The summed E-state index contributed by atoms with van der Waals surface area (Å²) in [6.07, 6.45) is 5.25. The second-order valence-corrected chi connectivity index (χ2v) is 29.9. The normalized spacial score (nSPS) is 13.6. The van der Waals surface area contributed by atoms with E-state index in [-0.39, 0.29) is 118 Å². The number of hydrogen-bond acceptors (Lipinski definition) is 15. The molecule has 2 aliphatic rings. The number of nitrogens with two attached hydrogens (primary N) is 2. The standard InChI is InChI=1S/C86H116N16O11/c1-9-13-35-102(57-95-79(106)46-60(8)12-4)86(113)92-51-66-48-64(83(110)96-67(44-58(5)6)49-80(107)91-53-77(88)104)27-33-71(66)62-24-30-69(31-25-62)99-38-42-101(43-39-99)85(112)75-21-17-15-19-73(75)72-18-14-16-20-74(72)84(111)100-40-36-98(37-41-100)68-28-22-61(23-29-68)70-32-26-63(82(109)93-55-89-52-76(87)103)47-65(70)50-90-81(108)54-97(34-10-2)56-94-78(105)45-59(7)11-3/h14-33,47-48,58-60,67,89H,9-13,34-46,49-57H2,1-8H3,(H2,87,103)(H2,88,104)(H,90,108)(H,91,107)(H,92,113)(H,93,109)(H,94,105)(H,95,106)(H,96,110)/t59-,60-,67-/m0/s1. The van der Waals surface area contributed by atoms with E-state index in [1.54, 1.807) is 29.2 Å². The van der Waals surface area contributed by atoms with Gasteiger partial charge in [-0.25, -0.2) is 4.79 Å². The van der Waals surface area contributed by atoms with Crippen molar-refractivity contribution in [3.8, 4) is 33.4 Å². The Kier molecular flexibility index (Phi) is 34.1. The van der Waals surface area contributed by atoms with Crippen LogP contribution in [0.15, 0.2) is 133 Å². The molecule has 0 aromatic heterocycles. The molecule has 12 amide bonds. The van der Waals surface area contributed by atoms with E-state index in [9.17, 15) is 52.7 Å². The molecule has 3 atom stereocenters. The van der Waals surface area contributed by atoms with Crippen LogP contribution in [0.5, 0.6) is 0 Å². The number of amides is 12. The summed E-state index contributed by atoms with van der Waals surface area (Å²) in [5.41, 5.74) is 20.0. The van der Waals surface area contributed by atoms with Crippen LogP contribution in [0.4, 0.5) is 16.2 Å². The van der Waals surface area contributed by atoms with Gasteiger partial charge in [-0.3, -0.25) is 58.2 Å². The van der Waals surface area contributed by atoms with Gasteiger partial charge in [-0.2, -0.15) is 0 Å². The molecule has 0 radical (unpaired) electrons. The van der Waals surface area contributed by atoms with Crippen LogP contribution in [-0.4, -0.2) is 196 Å². The maximum Gasteiger partial charge on any atom is 0.319 e. The first-order valence-electron chi connectivity index (χ1n) is 39.8. The molecule has 606 valence electrons. The summed E-state index contributed by atoms with van der Waals surface area (Å²) in [7, 11) is 0. The fourth-order valence-electron chi connectivity index (χ4n) is 13.8. The van der Waals surface area contributed by atoms with E-state index >= 15 is 0 Å². The molecule has 113 heavy (non-hydrogen) atoms. The number of urea groups is 1. The van der Waals surface area contributed by atoms with Gasteiger partial charge in [0.05, 0.1) is 39.6 Å². The Morgan fingerprint density at radius 2 is 0.938 bits per heavy atom. The Balaban J connectivity index is 0.914. The highest BCUT2D eigenvalue weighted by Crippen LogP contribution is 2.34. The van der Waals surface area contributed by atoms with Crippen molar-refractivity contribution in [3.63, 3.8) is 0 Å². The van der Waals surface area contributed by atoms with Gasteiger partial charge in [0.25, 0.3) is 23.6 Å². The Hall–Kier alpha value is -11.2. The zero-order chi connectivity index (χ0) is 81.5. The van der Waals surface area contributed by atoms with E-state index in [0.29, 0.717) is 129 Å². The third kappa shape index (κ3) is 26.8. The van der Waals surface area contributed by atoms with Crippen molar-refractivity contribution in [1.82, 2.24) is 62.1 Å². The highest BCUT2D eigenvalue weighted by molar-refractivity contribution is 6.07. The molecule has 0 unspecified atom stereocenters. The molecule has 2 fully saturated rings. The SMILES string of the molecule is CCCCN(CNC(=O)C[C@@H](C)CC)C(=O)NCc1cc(C(=O)N[C@H](CC(=O)NCC(N)=O)CC(C)C)ccc1-c1ccc(N2CCN(C(=O)c3ccccc3-c3ccccc3C(=O)N3CCN(c4ccc(-c5ccc(C(=O)NCNCC(N)=O)cc5CNC(=O)CN(CCC)CNC(=O)C[C@@H](C)CC)cc4)CC3)CC2)cc1. The zero-order valence-electron chi connectivity index (χ0n) is 66.9. The van der Waals surface area contributed by atoms with Gasteiger partial charge in [0.15, 0.2) is 0 Å². The number of unbranched alkanes of at least 4 members (excludes halogenated alkanes) is 1. The van der Waals surface area contributed by atoms with Crippen molar-refractivity contribution >= 4 is 76.5 Å². The second kappa shape index (κ2) is 44.2. The molecule has 0 spiro atoms. The van der Waals surface area contributed by atoms with Crippen LogP contribution in [0.2, 0.25) is 0 Å². The number of anilines is 2. The van der Waals surface area contributed by atoms with Crippen LogP contribution >= 0.6 is 0 Å². The van der Waals surface area contributed by atoms with Gasteiger partial charge < -0.3 is 73.2 Å². The molecule has 0 aliphatic carbocycles. The molecule has 0 saturated carbocycles. The third-order valence-corrected chi connectivity index (χ3v) is 20.5. The van der Waals surface area contributed by atoms with Gasteiger partial charge in [0.2, 0.25) is 35.4 Å². The van der Waals surface area contributed by atoms with Gasteiger partial charge in [-0.1, -0.05) is 147 Å². The van der Waals surface area contributed by atoms with Crippen molar-refractivity contribution in [2.45, 2.75) is 132 Å². The van der Waals surface area contributed by atoms with Crippen LogP contribution in [0.25, 0.3) is 33.4 Å². The molecule has 2 heterocycles. The Bertz CT molecular complexity index is 4230. The van der Waals surface area contributed by atoms with Crippen molar-refractivity contribution in [3.05, 3.63) is 167 Å². The van der Waals surface area contributed by atoms with E-state index in [1.807, 2.05) is 179 Å². The molecule has 0 bridgehead atoms. The van der Waals surface area contributed by atoms with Crippen LogP contribution in [-0.2, 0) is 41.9 Å². The number of nitrogens with one attached hydrogen (secondary N) is 8. The lowest BCUT2D eigenvalue weighted by Gasteiger charge is -2.37. The van der Waals surface area contributed by atoms with Crippen molar-refractivity contribution < 1.29 is 52.7 Å². The highest BCUT2D eigenvalue weighted by Gasteiger charge is 2.30. The van der Waals surface area contributed by atoms with Crippen LogP contribution < -0.4 is 63.8 Å². The number of carbonyl (C=O) groups is 11. The zero-order valence-corrected chi connectivity index (χ0v) is 66.9. The molecule has 12 N–H and O–H groups in total. The van der Waals surface area contributed by atoms with E-state index in [2.05, 4.69) is 52.3 Å². The first-order valence-corrected chi connectivity index (χ1v) is 39.8. The van der Waals surface area contributed by atoms with Crippen LogP contribution in [0, 0.1) is 17.8 Å². The summed E-state index contributed by atoms with van der Waals surface area (Å²) in [6.45, 7) is 21.1. The Morgan fingerprint density at radius 1 is 0.460 bits per heavy atom. The molecule has 27 heteroatoms. The lowest BCUT2D eigenvalue weighted by molar-refractivity contribution is -0.125. The largest absolute Gasteiger partial charge is 0.369 e. The fraction of sp³-hybridized carbons (Fsp3) is 0.453. The minimum atomic E-state index is -0.681. The van der Waals surface area contributed by atoms with E-state index in [1.165, 1.54) is 0 Å². The molecule has 2 saturated heterocycles. The lowest BCUT2D eigenvalue weighted by atomic mass is 9.93. The van der Waals surface area contributed by atoms with Crippen LogP contribution in [0.3, 0.4) is 0 Å². The second-order valence-electron chi connectivity index (χ2n) is 29.9. The third-order valence-electron chi connectivity index (χ3n) is 20.5. The molecule has 2 aliphatic heterocycles. The smallest absolute Gasteiger partial charge is 0.319 e. The minimum absolute atomic E-state index is 0.0132. The number of benzene rings is 6. The number of piperazine rings is 2. The van der Waals surface area contributed by atoms with Gasteiger partial charge in [-0.15, -0.1) is 0 Å². The van der Waals surface area contributed by atoms with E-state index in [0.717, 1.165) is 65.7 Å². The number of rotatable bonds is 41. The predicted molar refractivity (Wildman–Crippen MR) is 441 cm³/mol. The summed E-state index contributed by atoms with van der Waals surface area (Å²) < 4.78 is 0. The summed E-state index contributed by atoms with van der Waals surface area (Å²) in [4.78, 5) is 157. The van der Waals surface area contributed by atoms with Gasteiger partial charge in [-0.05, 0) is 142 Å². The molecule has 27 nitrogen and oxygen atoms in total. The Labute approximate surface area is 664 Å². The first kappa shape index (κ1) is 87.4.